The molecule has 0 unspecified atom stereocenters. The average molecular weight is 207 g/mol. The molecule has 1 aromatic carbocycles. The number of amides is 2. The Hall–Kier alpha value is -1.88. The Labute approximate surface area is 87.6 Å². The molecule has 0 fully saturated rings. The Morgan fingerprint density at radius 2 is 2.07 bits per heavy atom. The minimum Gasteiger partial charge on any atom is -0.344 e. The second kappa shape index (κ2) is 5.11. The summed E-state index contributed by atoms with van der Waals surface area (Å²) in [6.07, 6.45) is 0. The normalized spacial score (nSPS) is 9.47. The van der Waals surface area contributed by atoms with Crippen molar-refractivity contribution in [2.75, 3.05) is 0 Å². The van der Waals surface area contributed by atoms with Crippen LogP contribution in [0.25, 0.3) is 0 Å². The van der Waals surface area contributed by atoms with Crippen molar-refractivity contribution in [2.45, 2.75) is 13.5 Å². The van der Waals surface area contributed by atoms with Crippen LogP contribution in [0, 0.1) is 6.92 Å². The summed E-state index contributed by atoms with van der Waals surface area (Å²) in [5.41, 5.74) is 3.80. The van der Waals surface area contributed by atoms with Gasteiger partial charge in [0.05, 0.1) is 0 Å². The van der Waals surface area contributed by atoms with Crippen LogP contribution < -0.4 is 16.6 Å². The van der Waals surface area contributed by atoms with Gasteiger partial charge in [0.25, 0.3) is 0 Å². The van der Waals surface area contributed by atoms with Gasteiger partial charge in [-0.2, -0.15) is 0 Å². The number of carbonyl (C=O) groups is 2. The highest BCUT2D eigenvalue weighted by molar-refractivity contribution is 6.34. The fourth-order valence-electron chi connectivity index (χ4n) is 1.15. The Bertz CT molecular complexity index is 377. The van der Waals surface area contributed by atoms with Crippen LogP contribution in [0.3, 0.4) is 0 Å². The van der Waals surface area contributed by atoms with Crippen molar-refractivity contribution in [3.05, 3.63) is 35.4 Å². The summed E-state index contributed by atoms with van der Waals surface area (Å²) >= 11 is 0. The number of hydrogen-bond acceptors (Lipinski definition) is 3. The number of nitrogens with one attached hydrogen (secondary N) is 2. The molecule has 0 spiro atoms. The van der Waals surface area contributed by atoms with E-state index in [1.165, 1.54) is 0 Å². The molecular weight excluding hydrogens is 194 g/mol. The molecule has 2 amide bonds. The maximum atomic E-state index is 11.0. The van der Waals surface area contributed by atoms with Crippen molar-refractivity contribution in [3.63, 3.8) is 0 Å². The molecule has 5 nitrogen and oxygen atoms in total. The van der Waals surface area contributed by atoms with Gasteiger partial charge in [-0.1, -0.05) is 29.8 Å². The van der Waals surface area contributed by atoms with Crippen molar-refractivity contribution < 1.29 is 9.59 Å². The number of nitrogens with two attached hydrogens (primary N) is 1. The van der Waals surface area contributed by atoms with Gasteiger partial charge in [-0.3, -0.25) is 15.0 Å². The van der Waals surface area contributed by atoms with E-state index in [2.05, 4.69) is 5.32 Å². The number of carbonyl (C=O) groups excluding carboxylic acids is 2. The van der Waals surface area contributed by atoms with Crippen LogP contribution in [0.4, 0.5) is 0 Å². The van der Waals surface area contributed by atoms with Crippen LogP contribution in [0.2, 0.25) is 0 Å². The SMILES string of the molecule is Cc1cccc(CNC(=O)C(=O)NN)c1. The zero-order valence-electron chi connectivity index (χ0n) is 8.41. The number of benzene rings is 1. The number of hydrazine groups is 1. The summed E-state index contributed by atoms with van der Waals surface area (Å²) in [7, 11) is 0. The first-order valence-corrected chi connectivity index (χ1v) is 4.48. The Balaban J connectivity index is 2.50. The second-order valence-corrected chi connectivity index (χ2v) is 3.15. The summed E-state index contributed by atoms with van der Waals surface area (Å²) in [6, 6.07) is 7.64. The lowest BCUT2D eigenvalue weighted by molar-refractivity contribution is -0.139. The molecule has 0 aromatic heterocycles. The molecule has 0 saturated heterocycles. The highest BCUT2D eigenvalue weighted by atomic mass is 16.2. The number of aryl methyl sites for hydroxylation is 1. The van der Waals surface area contributed by atoms with E-state index in [4.69, 9.17) is 5.84 Å². The van der Waals surface area contributed by atoms with E-state index in [1.807, 2.05) is 31.2 Å². The molecule has 5 heteroatoms. The first-order valence-electron chi connectivity index (χ1n) is 4.48. The van der Waals surface area contributed by atoms with E-state index in [9.17, 15) is 9.59 Å². The van der Waals surface area contributed by atoms with Crippen molar-refractivity contribution >= 4 is 11.8 Å². The van der Waals surface area contributed by atoms with Crippen LogP contribution in [0.15, 0.2) is 24.3 Å². The molecule has 0 radical (unpaired) electrons. The van der Waals surface area contributed by atoms with Crippen molar-refractivity contribution in [3.8, 4) is 0 Å². The van der Waals surface area contributed by atoms with Gasteiger partial charge in [0.15, 0.2) is 0 Å². The quantitative estimate of drug-likeness (QED) is 0.267. The standard InChI is InChI=1S/C10H13N3O2/c1-7-3-2-4-8(5-7)6-12-9(14)10(15)13-11/h2-5H,6,11H2,1H3,(H,12,14)(H,13,15). The number of hydrogen-bond donors (Lipinski definition) is 3. The van der Waals surface area contributed by atoms with E-state index >= 15 is 0 Å². The van der Waals surface area contributed by atoms with E-state index in [0.29, 0.717) is 6.54 Å². The van der Waals surface area contributed by atoms with Gasteiger partial charge in [-0.15, -0.1) is 0 Å². The summed E-state index contributed by atoms with van der Waals surface area (Å²) in [5.74, 6) is 3.22. The Kier molecular flexibility index (Phi) is 3.82. The molecule has 0 atom stereocenters. The van der Waals surface area contributed by atoms with Crippen LogP contribution in [-0.2, 0) is 16.1 Å². The zero-order chi connectivity index (χ0) is 11.3. The highest BCUT2D eigenvalue weighted by Gasteiger charge is 2.10. The van der Waals surface area contributed by atoms with Crippen molar-refractivity contribution in [1.82, 2.24) is 10.7 Å². The fourth-order valence-corrected chi connectivity index (χ4v) is 1.15. The second-order valence-electron chi connectivity index (χ2n) is 3.15. The molecule has 0 heterocycles. The number of rotatable bonds is 2. The predicted molar refractivity (Wildman–Crippen MR) is 55.4 cm³/mol. The summed E-state index contributed by atoms with van der Waals surface area (Å²) in [4.78, 5) is 21.8. The van der Waals surface area contributed by atoms with Gasteiger partial charge in [0, 0.05) is 6.54 Å². The summed E-state index contributed by atoms with van der Waals surface area (Å²) in [5, 5.41) is 2.45. The third-order valence-corrected chi connectivity index (χ3v) is 1.87. The summed E-state index contributed by atoms with van der Waals surface area (Å²) in [6.45, 7) is 2.27. The molecular formula is C10H13N3O2. The van der Waals surface area contributed by atoms with E-state index in [-0.39, 0.29) is 0 Å². The lowest BCUT2D eigenvalue weighted by Crippen LogP contribution is -2.42. The third-order valence-electron chi connectivity index (χ3n) is 1.87. The van der Waals surface area contributed by atoms with Gasteiger partial charge in [0.2, 0.25) is 0 Å². The van der Waals surface area contributed by atoms with Gasteiger partial charge >= 0.3 is 11.8 Å². The maximum absolute atomic E-state index is 11.0. The van der Waals surface area contributed by atoms with Gasteiger partial charge in [0.1, 0.15) is 0 Å². The lowest BCUT2D eigenvalue weighted by Gasteiger charge is -2.04. The van der Waals surface area contributed by atoms with Gasteiger partial charge in [-0.05, 0) is 12.5 Å². The first-order chi connectivity index (χ1) is 7.13. The molecule has 0 aliphatic rings. The molecule has 0 bridgehead atoms. The van der Waals surface area contributed by atoms with E-state index in [0.717, 1.165) is 11.1 Å². The molecule has 4 N–H and O–H groups in total. The molecule has 0 saturated carbocycles. The lowest BCUT2D eigenvalue weighted by atomic mass is 10.1. The smallest absolute Gasteiger partial charge is 0.323 e. The third kappa shape index (κ3) is 3.40. The van der Waals surface area contributed by atoms with Crippen LogP contribution in [-0.4, -0.2) is 11.8 Å². The van der Waals surface area contributed by atoms with Crippen molar-refractivity contribution in [1.29, 1.82) is 0 Å². The average Bonchev–Trinajstić information content (AvgIpc) is 2.25. The molecule has 0 aliphatic heterocycles. The van der Waals surface area contributed by atoms with Crippen molar-refractivity contribution in [2.24, 2.45) is 5.84 Å². The molecule has 80 valence electrons. The van der Waals surface area contributed by atoms with Crippen LogP contribution in [0.1, 0.15) is 11.1 Å². The monoisotopic (exact) mass is 207 g/mol. The highest BCUT2D eigenvalue weighted by Crippen LogP contribution is 2.02. The van der Waals surface area contributed by atoms with E-state index in [1.54, 1.807) is 5.43 Å². The van der Waals surface area contributed by atoms with Gasteiger partial charge < -0.3 is 5.32 Å². The largest absolute Gasteiger partial charge is 0.344 e. The van der Waals surface area contributed by atoms with Crippen LogP contribution in [0.5, 0.6) is 0 Å². The molecule has 1 rings (SSSR count). The first kappa shape index (κ1) is 11.2. The fraction of sp³-hybridized carbons (Fsp3) is 0.200. The zero-order valence-corrected chi connectivity index (χ0v) is 8.41. The summed E-state index contributed by atoms with van der Waals surface area (Å²) < 4.78 is 0. The van der Waals surface area contributed by atoms with Gasteiger partial charge in [-0.25, -0.2) is 5.84 Å². The topological polar surface area (TPSA) is 84.2 Å². The minimum atomic E-state index is -0.845. The Morgan fingerprint density at radius 1 is 1.33 bits per heavy atom. The minimum absolute atomic E-state index is 0.313. The molecule has 0 aliphatic carbocycles. The van der Waals surface area contributed by atoms with Crippen LogP contribution >= 0.6 is 0 Å². The van der Waals surface area contributed by atoms with E-state index < -0.39 is 11.8 Å². The predicted octanol–water partition coefficient (Wildman–Crippen LogP) is -0.399. The molecule has 1 aromatic rings. The Morgan fingerprint density at radius 3 is 2.67 bits per heavy atom. The molecule has 15 heavy (non-hydrogen) atoms. The maximum Gasteiger partial charge on any atom is 0.323 e.